The molecule has 0 spiro atoms. The molecular weight excluding hydrogens is 116 g/mol. The monoisotopic (exact) mass is 126 g/mol. The maximum atomic E-state index is 8.65. The van der Waals surface area contributed by atoms with E-state index in [1.807, 2.05) is 6.92 Å². The van der Waals surface area contributed by atoms with E-state index in [1.165, 1.54) is 0 Å². The quantitative estimate of drug-likeness (QED) is 0.606. The summed E-state index contributed by atoms with van der Waals surface area (Å²) in [4.78, 5) is 6.89. The van der Waals surface area contributed by atoms with E-state index >= 15 is 0 Å². The minimum absolute atomic E-state index is 0.125. The summed E-state index contributed by atoms with van der Waals surface area (Å²) in [5, 5.41) is 8.65. The van der Waals surface area contributed by atoms with Crippen molar-refractivity contribution in [2.75, 3.05) is 6.61 Å². The summed E-state index contributed by atoms with van der Waals surface area (Å²) >= 11 is 0. The van der Waals surface area contributed by atoms with Crippen LogP contribution in [0.4, 0.5) is 0 Å². The Bertz CT molecular complexity index is 160. The number of aromatic amines is 1. The zero-order valence-electron chi connectivity index (χ0n) is 5.33. The van der Waals surface area contributed by atoms with Crippen LogP contribution in [0.25, 0.3) is 0 Å². The van der Waals surface area contributed by atoms with E-state index in [9.17, 15) is 0 Å². The van der Waals surface area contributed by atoms with E-state index in [0.717, 1.165) is 5.82 Å². The van der Waals surface area contributed by atoms with Gasteiger partial charge in [0.1, 0.15) is 5.82 Å². The van der Waals surface area contributed by atoms with Crippen molar-refractivity contribution >= 4 is 0 Å². The smallest absolute Gasteiger partial charge is 0.111 e. The Morgan fingerprint density at radius 3 is 3.11 bits per heavy atom. The van der Waals surface area contributed by atoms with Gasteiger partial charge in [-0.15, -0.1) is 0 Å². The molecule has 1 rings (SSSR count). The molecule has 0 fully saturated rings. The highest BCUT2D eigenvalue weighted by molar-refractivity contribution is 4.94. The van der Waals surface area contributed by atoms with Crippen molar-refractivity contribution in [1.82, 2.24) is 9.97 Å². The third-order valence-electron chi connectivity index (χ3n) is 1.26. The molecule has 0 aromatic carbocycles. The molecule has 50 valence electrons. The third kappa shape index (κ3) is 1.29. The van der Waals surface area contributed by atoms with E-state index < -0.39 is 0 Å². The fourth-order valence-electron chi connectivity index (χ4n) is 0.633. The van der Waals surface area contributed by atoms with Crippen LogP contribution < -0.4 is 0 Å². The molecule has 0 aliphatic heterocycles. The van der Waals surface area contributed by atoms with Crippen molar-refractivity contribution in [1.29, 1.82) is 0 Å². The minimum atomic E-state index is 0.125. The maximum absolute atomic E-state index is 8.65. The highest BCUT2D eigenvalue weighted by Gasteiger charge is 2.03. The lowest BCUT2D eigenvalue weighted by Gasteiger charge is -2.00. The molecular formula is C6H10N2O. The van der Waals surface area contributed by atoms with Gasteiger partial charge in [-0.2, -0.15) is 0 Å². The van der Waals surface area contributed by atoms with Gasteiger partial charge >= 0.3 is 0 Å². The average molecular weight is 126 g/mol. The summed E-state index contributed by atoms with van der Waals surface area (Å²) in [5.74, 6) is 0.970. The maximum Gasteiger partial charge on any atom is 0.111 e. The number of H-pyrrole nitrogens is 1. The lowest BCUT2D eigenvalue weighted by molar-refractivity contribution is 0.269. The van der Waals surface area contributed by atoms with E-state index in [2.05, 4.69) is 9.97 Å². The predicted octanol–water partition coefficient (Wildman–Crippen LogP) is 0.505. The molecule has 3 nitrogen and oxygen atoms in total. The number of hydrogen-bond acceptors (Lipinski definition) is 2. The Morgan fingerprint density at radius 2 is 2.67 bits per heavy atom. The molecule has 2 N–H and O–H groups in total. The Kier molecular flexibility index (Phi) is 1.85. The van der Waals surface area contributed by atoms with Crippen LogP contribution in [0.1, 0.15) is 18.7 Å². The van der Waals surface area contributed by atoms with E-state index in [1.54, 1.807) is 12.4 Å². The second-order valence-electron chi connectivity index (χ2n) is 2.06. The normalized spacial score (nSPS) is 13.6. The van der Waals surface area contributed by atoms with Gasteiger partial charge in [-0.3, -0.25) is 0 Å². The standard InChI is InChI=1S/C6H10N2O/c1-5(4-9)6-7-2-3-8-6/h2-3,5,9H,4H2,1H3,(H,7,8). The van der Waals surface area contributed by atoms with Crippen LogP contribution in [0, 0.1) is 0 Å². The molecule has 0 radical (unpaired) electrons. The first kappa shape index (κ1) is 6.29. The first-order valence-corrected chi connectivity index (χ1v) is 2.94. The molecule has 1 unspecified atom stereocenters. The fraction of sp³-hybridized carbons (Fsp3) is 0.500. The predicted molar refractivity (Wildman–Crippen MR) is 34.1 cm³/mol. The molecule has 0 amide bonds. The summed E-state index contributed by atoms with van der Waals surface area (Å²) in [6.07, 6.45) is 3.43. The Hall–Kier alpha value is -0.830. The van der Waals surface area contributed by atoms with Crippen LogP contribution in [0.3, 0.4) is 0 Å². The molecule has 1 aromatic rings. The van der Waals surface area contributed by atoms with Gasteiger partial charge in [-0.05, 0) is 0 Å². The van der Waals surface area contributed by atoms with Gasteiger partial charge in [0.05, 0.1) is 6.61 Å². The van der Waals surface area contributed by atoms with Crippen molar-refractivity contribution in [3.8, 4) is 0 Å². The van der Waals surface area contributed by atoms with Gasteiger partial charge in [0.25, 0.3) is 0 Å². The number of nitrogens with zero attached hydrogens (tertiary/aromatic N) is 1. The molecule has 0 aliphatic rings. The molecule has 0 aliphatic carbocycles. The van der Waals surface area contributed by atoms with Gasteiger partial charge in [0, 0.05) is 18.3 Å². The topological polar surface area (TPSA) is 48.9 Å². The lowest BCUT2D eigenvalue weighted by Crippen LogP contribution is -2.00. The molecule has 3 heteroatoms. The Balaban J connectivity index is 2.65. The van der Waals surface area contributed by atoms with Crippen molar-refractivity contribution in [3.63, 3.8) is 0 Å². The largest absolute Gasteiger partial charge is 0.396 e. The van der Waals surface area contributed by atoms with E-state index in [-0.39, 0.29) is 12.5 Å². The zero-order valence-corrected chi connectivity index (χ0v) is 5.33. The lowest BCUT2D eigenvalue weighted by atomic mass is 10.2. The van der Waals surface area contributed by atoms with Crippen LogP contribution >= 0.6 is 0 Å². The molecule has 1 atom stereocenters. The molecule has 1 heterocycles. The number of nitrogens with one attached hydrogen (secondary N) is 1. The molecule has 0 saturated heterocycles. The van der Waals surface area contributed by atoms with E-state index in [0.29, 0.717) is 0 Å². The highest BCUT2D eigenvalue weighted by Crippen LogP contribution is 2.06. The third-order valence-corrected chi connectivity index (χ3v) is 1.26. The van der Waals surface area contributed by atoms with Gasteiger partial charge < -0.3 is 10.1 Å². The highest BCUT2D eigenvalue weighted by atomic mass is 16.3. The molecule has 9 heavy (non-hydrogen) atoms. The first-order chi connectivity index (χ1) is 4.34. The number of aromatic nitrogens is 2. The molecule has 0 saturated carbocycles. The Labute approximate surface area is 53.7 Å². The fourth-order valence-corrected chi connectivity index (χ4v) is 0.633. The van der Waals surface area contributed by atoms with Crippen LogP contribution in [0.2, 0.25) is 0 Å². The second kappa shape index (κ2) is 2.64. The number of aliphatic hydroxyl groups is 1. The Morgan fingerprint density at radius 1 is 1.89 bits per heavy atom. The van der Waals surface area contributed by atoms with Crippen molar-refractivity contribution in [2.24, 2.45) is 0 Å². The van der Waals surface area contributed by atoms with Crippen LogP contribution in [-0.2, 0) is 0 Å². The number of hydrogen-bond donors (Lipinski definition) is 2. The SMILES string of the molecule is CC(CO)c1ncc[nH]1. The van der Waals surface area contributed by atoms with E-state index in [4.69, 9.17) is 5.11 Å². The van der Waals surface area contributed by atoms with Crippen molar-refractivity contribution < 1.29 is 5.11 Å². The van der Waals surface area contributed by atoms with Crippen molar-refractivity contribution in [2.45, 2.75) is 12.8 Å². The average Bonchev–Trinajstić information content (AvgIpc) is 2.37. The molecule has 0 bridgehead atoms. The number of rotatable bonds is 2. The summed E-state index contributed by atoms with van der Waals surface area (Å²) in [6.45, 7) is 2.06. The van der Waals surface area contributed by atoms with Gasteiger partial charge in [0.15, 0.2) is 0 Å². The minimum Gasteiger partial charge on any atom is -0.396 e. The van der Waals surface area contributed by atoms with Gasteiger partial charge in [-0.25, -0.2) is 4.98 Å². The van der Waals surface area contributed by atoms with Crippen LogP contribution in [-0.4, -0.2) is 21.7 Å². The zero-order chi connectivity index (χ0) is 6.69. The summed E-state index contributed by atoms with van der Waals surface area (Å²) < 4.78 is 0. The summed E-state index contributed by atoms with van der Waals surface area (Å²) in [5.41, 5.74) is 0. The van der Waals surface area contributed by atoms with Crippen LogP contribution in [0.15, 0.2) is 12.4 Å². The molecule has 1 aromatic heterocycles. The first-order valence-electron chi connectivity index (χ1n) is 2.94. The summed E-state index contributed by atoms with van der Waals surface area (Å²) in [7, 11) is 0. The number of imidazole rings is 1. The van der Waals surface area contributed by atoms with Gasteiger partial charge in [0.2, 0.25) is 0 Å². The summed E-state index contributed by atoms with van der Waals surface area (Å²) in [6, 6.07) is 0. The number of aliphatic hydroxyl groups excluding tert-OH is 1. The van der Waals surface area contributed by atoms with Crippen LogP contribution in [0.5, 0.6) is 0 Å². The van der Waals surface area contributed by atoms with Crippen molar-refractivity contribution in [3.05, 3.63) is 18.2 Å². The second-order valence-corrected chi connectivity index (χ2v) is 2.06. The van der Waals surface area contributed by atoms with Gasteiger partial charge in [-0.1, -0.05) is 6.92 Å².